The Balaban J connectivity index is 2.21. The number of nitrogens with zero attached hydrogens (tertiary/aromatic N) is 1. The van der Waals surface area contributed by atoms with Gasteiger partial charge in [0.1, 0.15) is 18.5 Å². The van der Waals surface area contributed by atoms with Crippen LogP contribution in [0.15, 0.2) is 12.1 Å². The average molecular weight is 277 g/mol. The van der Waals surface area contributed by atoms with E-state index in [1.165, 1.54) is 17.5 Å². The maximum atomic E-state index is 10.7. The third-order valence-electron chi connectivity index (χ3n) is 4.39. The molecule has 1 heterocycles. The smallest absolute Gasteiger partial charge is 0.125 e. The second-order valence-corrected chi connectivity index (χ2v) is 5.78. The molecule has 0 fully saturated rings. The Morgan fingerprint density at radius 3 is 2.60 bits per heavy atom. The molecule has 0 aromatic heterocycles. The highest BCUT2D eigenvalue weighted by molar-refractivity contribution is 5.44. The SMILES string of the molecule is CCCCN(CC)C1COc2cc(C)c(C)cc2C1O. The van der Waals surface area contributed by atoms with Crippen molar-refractivity contribution in [3.05, 3.63) is 28.8 Å². The lowest BCUT2D eigenvalue weighted by molar-refractivity contribution is 0.00496. The number of rotatable bonds is 5. The van der Waals surface area contributed by atoms with Gasteiger partial charge in [-0.2, -0.15) is 0 Å². The largest absolute Gasteiger partial charge is 0.491 e. The first-order valence-corrected chi connectivity index (χ1v) is 7.74. The summed E-state index contributed by atoms with van der Waals surface area (Å²) < 4.78 is 5.90. The number of hydrogen-bond acceptors (Lipinski definition) is 3. The van der Waals surface area contributed by atoms with Crippen molar-refractivity contribution in [2.24, 2.45) is 0 Å². The van der Waals surface area contributed by atoms with Crippen molar-refractivity contribution in [2.75, 3.05) is 19.7 Å². The Labute approximate surface area is 122 Å². The monoisotopic (exact) mass is 277 g/mol. The predicted octanol–water partition coefficient (Wildman–Crippen LogP) is 3.22. The Morgan fingerprint density at radius 2 is 1.95 bits per heavy atom. The summed E-state index contributed by atoms with van der Waals surface area (Å²) in [5.41, 5.74) is 3.37. The summed E-state index contributed by atoms with van der Waals surface area (Å²) in [6, 6.07) is 4.20. The summed E-state index contributed by atoms with van der Waals surface area (Å²) in [7, 11) is 0. The van der Waals surface area contributed by atoms with Gasteiger partial charge < -0.3 is 9.84 Å². The van der Waals surface area contributed by atoms with Gasteiger partial charge in [-0.15, -0.1) is 0 Å². The second kappa shape index (κ2) is 6.59. The number of unbranched alkanes of at least 4 members (excludes halogenated alkanes) is 1. The number of hydrogen-bond donors (Lipinski definition) is 1. The topological polar surface area (TPSA) is 32.7 Å². The highest BCUT2D eigenvalue weighted by Crippen LogP contribution is 2.36. The molecular formula is C17H27NO2. The number of ether oxygens (including phenoxy) is 1. The number of aliphatic hydroxyl groups is 1. The zero-order valence-electron chi connectivity index (χ0n) is 13.1. The Hall–Kier alpha value is -1.06. The minimum Gasteiger partial charge on any atom is -0.491 e. The van der Waals surface area contributed by atoms with Crippen LogP contribution in [0.5, 0.6) is 5.75 Å². The van der Waals surface area contributed by atoms with Crippen molar-refractivity contribution >= 4 is 0 Å². The van der Waals surface area contributed by atoms with Gasteiger partial charge in [0.2, 0.25) is 0 Å². The molecule has 1 N–H and O–H groups in total. The summed E-state index contributed by atoms with van der Waals surface area (Å²) in [4.78, 5) is 2.34. The van der Waals surface area contributed by atoms with E-state index in [0.717, 1.165) is 30.8 Å². The molecule has 1 aromatic carbocycles. The fraction of sp³-hybridized carbons (Fsp3) is 0.647. The predicted molar refractivity (Wildman–Crippen MR) is 82.3 cm³/mol. The lowest BCUT2D eigenvalue weighted by Gasteiger charge is -2.38. The standard InChI is InChI=1S/C17H27NO2/c1-5-7-8-18(6-2)15-11-20-16-10-13(4)12(3)9-14(16)17(15)19/h9-10,15,17,19H,5-8,11H2,1-4H3. The van der Waals surface area contributed by atoms with Gasteiger partial charge in [-0.3, -0.25) is 4.90 Å². The average Bonchev–Trinajstić information content (AvgIpc) is 2.44. The third kappa shape index (κ3) is 2.99. The lowest BCUT2D eigenvalue weighted by Crippen LogP contribution is -2.46. The normalized spacial score (nSPS) is 21.7. The highest BCUT2D eigenvalue weighted by Gasteiger charge is 2.33. The molecule has 0 spiro atoms. The van der Waals surface area contributed by atoms with Gasteiger partial charge in [0, 0.05) is 5.56 Å². The fourth-order valence-electron chi connectivity index (χ4n) is 2.87. The molecule has 3 nitrogen and oxygen atoms in total. The van der Waals surface area contributed by atoms with E-state index in [4.69, 9.17) is 4.74 Å². The van der Waals surface area contributed by atoms with Crippen LogP contribution >= 0.6 is 0 Å². The molecule has 1 aliphatic heterocycles. The summed E-state index contributed by atoms with van der Waals surface area (Å²) in [6.07, 6.45) is 1.89. The molecule has 3 heteroatoms. The maximum absolute atomic E-state index is 10.7. The number of aryl methyl sites for hydroxylation is 2. The van der Waals surface area contributed by atoms with E-state index >= 15 is 0 Å². The van der Waals surface area contributed by atoms with Crippen LogP contribution in [0.1, 0.15) is 49.5 Å². The molecule has 0 saturated heterocycles. The van der Waals surface area contributed by atoms with Gasteiger partial charge in [-0.05, 0) is 56.6 Å². The molecule has 2 atom stereocenters. The van der Waals surface area contributed by atoms with Crippen molar-refractivity contribution in [3.8, 4) is 5.75 Å². The molecule has 0 radical (unpaired) electrons. The van der Waals surface area contributed by atoms with E-state index in [9.17, 15) is 5.11 Å². The van der Waals surface area contributed by atoms with Crippen molar-refractivity contribution < 1.29 is 9.84 Å². The first kappa shape index (κ1) is 15.3. The molecule has 1 aliphatic rings. The number of aliphatic hydroxyl groups excluding tert-OH is 1. The molecule has 0 amide bonds. The van der Waals surface area contributed by atoms with E-state index < -0.39 is 6.10 Å². The first-order chi connectivity index (χ1) is 9.58. The number of benzene rings is 1. The van der Waals surface area contributed by atoms with Crippen LogP contribution in [0.4, 0.5) is 0 Å². The van der Waals surface area contributed by atoms with Crippen molar-refractivity contribution in [1.29, 1.82) is 0 Å². The van der Waals surface area contributed by atoms with E-state index in [1.54, 1.807) is 0 Å². The molecule has 0 aliphatic carbocycles. The van der Waals surface area contributed by atoms with Crippen LogP contribution < -0.4 is 4.74 Å². The van der Waals surface area contributed by atoms with Crippen molar-refractivity contribution in [2.45, 2.75) is 52.7 Å². The molecule has 1 aromatic rings. The lowest BCUT2D eigenvalue weighted by atomic mass is 9.94. The van der Waals surface area contributed by atoms with E-state index in [0.29, 0.717) is 6.61 Å². The molecular weight excluding hydrogens is 250 g/mol. The van der Waals surface area contributed by atoms with Gasteiger partial charge in [-0.25, -0.2) is 0 Å². The van der Waals surface area contributed by atoms with Crippen LogP contribution in [-0.2, 0) is 0 Å². The number of fused-ring (bicyclic) bond motifs is 1. The van der Waals surface area contributed by atoms with Crippen LogP contribution in [0.3, 0.4) is 0 Å². The van der Waals surface area contributed by atoms with Crippen molar-refractivity contribution in [1.82, 2.24) is 4.90 Å². The molecule has 2 rings (SSSR count). The molecule has 0 saturated carbocycles. The molecule has 112 valence electrons. The van der Waals surface area contributed by atoms with Crippen molar-refractivity contribution in [3.63, 3.8) is 0 Å². The van der Waals surface area contributed by atoms with E-state index in [-0.39, 0.29) is 6.04 Å². The van der Waals surface area contributed by atoms with Gasteiger partial charge in [0.25, 0.3) is 0 Å². The molecule has 20 heavy (non-hydrogen) atoms. The van der Waals surface area contributed by atoms with E-state index in [1.807, 2.05) is 6.07 Å². The quantitative estimate of drug-likeness (QED) is 0.897. The zero-order chi connectivity index (χ0) is 14.7. The molecule has 2 unspecified atom stereocenters. The first-order valence-electron chi connectivity index (χ1n) is 7.74. The maximum Gasteiger partial charge on any atom is 0.125 e. The summed E-state index contributed by atoms with van der Waals surface area (Å²) in [6.45, 7) is 11.1. The summed E-state index contributed by atoms with van der Waals surface area (Å²) in [5, 5.41) is 10.7. The van der Waals surface area contributed by atoms with Gasteiger partial charge in [0.15, 0.2) is 0 Å². The Morgan fingerprint density at radius 1 is 1.25 bits per heavy atom. The summed E-state index contributed by atoms with van der Waals surface area (Å²) >= 11 is 0. The van der Waals surface area contributed by atoms with Crippen LogP contribution in [0.2, 0.25) is 0 Å². The minimum absolute atomic E-state index is 0.0705. The number of likely N-dealkylation sites (N-methyl/N-ethyl adjacent to an activating group) is 1. The van der Waals surface area contributed by atoms with Gasteiger partial charge in [0.05, 0.1) is 6.04 Å². The summed E-state index contributed by atoms with van der Waals surface area (Å²) in [5.74, 6) is 0.850. The third-order valence-corrected chi connectivity index (χ3v) is 4.39. The second-order valence-electron chi connectivity index (χ2n) is 5.78. The van der Waals surface area contributed by atoms with Crippen LogP contribution in [-0.4, -0.2) is 35.7 Å². The Bertz CT molecular complexity index is 459. The minimum atomic E-state index is -0.449. The Kier molecular flexibility index (Phi) is 5.06. The van der Waals surface area contributed by atoms with Crippen LogP contribution in [0, 0.1) is 13.8 Å². The zero-order valence-corrected chi connectivity index (χ0v) is 13.1. The highest BCUT2D eigenvalue weighted by atomic mass is 16.5. The molecule has 0 bridgehead atoms. The fourth-order valence-corrected chi connectivity index (χ4v) is 2.87. The van der Waals surface area contributed by atoms with Gasteiger partial charge >= 0.3 is 0 Å². The van der Waals surface area contributed by atoms with E-state index in [2.05, 4.69) is 38.7 Å². The van der Waals surface area contributed by atoms with Crippen LogP contribution in [0.25, 0.3) is 0 Å². The van der Waals surface area contributed by atoms with Gasteiger partial charge in [-0.1, -0.05) is 20.3 Å².